The molecule has 0 radical (unpaired) electrons. The molecule has 2 saturated heterocycles. The van der Waals surface area contributed by atoms with Crippen LogP contribution in [0.4, 0.5) is 0 Å². The Hall–Kier alpha value is -2.61. The zero-order valence-electron chi connectivity index (χ0n) is 13.7. The van der Waals surface area contributed by atoms with E-state index < -0.39 is 5.41 Å². The van der Waals surface area contributed by atoms with Gasteiger partial charge in [-0.2, -0.15) is 0 Å². The minimum atomic E-state index is -0.396. The summed E-state index contributed by atoms with van der Waals surface area (Å²) in [7, 11) is 0. The molecule has 8 heteroatoms. The molecule has 2 aliphatic rings. The summed E-state index contributed by atoms with van der Waals surface area (Å²) < 4.78 is 5.49. The second-order valence-electron chi connectivity index (χ2n) is 6.78. The fraction of sp³-hybridized carbons (Fsp3) is 0.471. The Labute approximate surface area is 143 Å². The van der Waals surface area contributed by atoms with Gasteiger partial charge >= 0.3 is 11.7 Å². The number of benzene rings is 1. The number of aromatic amines is 2. The molecule has 2 aliphatic heterocycles. The average molecular weight is 344 g/mol. The lowest BCUT2D eigenvalue weighted by Gasteiger charge is -2.29. The third-order valence-corrected chi connectivity index (χ3v) is 5.17. The molecule has 3 heterocycles. The van der Waals surface area contributed by atoms with E-state index in [0.29, 0.717) is 23.0 Å². The molecule has 1 aromatic heterocycles. The minimum Gasteiger partial charge on any atom is -0.460 e. The van der Waals surface area contributed by atoms with E-state index in [-0.39, 0.29) is 30.2 Å². The standard InChI is InChI=1S/C17H20N4O4/c22-14(11-2-1-3-12-13(11)21-16(24)20-12)19-9-10-8-17(15(23)25-10)4-6-18-7-5-17/h1-3,10,18H,4-9H2,(H,19,22)(H2,20,21,24). The highest BCUT2D eigenvalue weighted by atomic mass is 16.6. The summed E-state index contributed by atoms with van der Waals surface area (Å²) in [5.41, 5.74) is 0.693. The number of fused-ring (bicyclic) bond motifs is 1. The smallest absolute Gasteiger partial charge is 0.323 e. The summed E-state index contributed by atoms with van der Waals surface area (Å²) in [4.78, 5) is 41.4. The molecule has 0 saturated carbocycles. The van der Waals surface area contributed by atoms with Gasteiger partial charge in [0.25, 0.3) is 5.91 Å². The summed E-state index contributed by atoms with van der Waals surface area (Å²) in [6, 6.07) is 5.08. The Morgan fingerprint density at radius 2 is 2.04 bits per heavy atom. The number of para-hydroxylation sites is 1. The molecule has 2 aromatic rings. The van der Waals surface area contributed by atoms with Crippen LogP contribution in [0.15, 0.2) is 23.0 Å². The lowest BCUT2D eigenvalue weighted by atomic mass is 9.76. The monoisotopic (exact) mass is 344 g/mol. The van der Waals surface area contributed by atoms with Crippen LogP contribution in [-0.2, 0) is 9.53 Å². The van der Waals surface area contributed by atoms with E-state index in [1.54, 1.807) is 18.2 Å². The molecule has 2 fully saturated rings. The Morgan fingerprint density at radius 1 is 1.24 bits per heavy atom. The number of hydrogen-bond acceptors (Lipinski definition) is 5. The number of ether oxygens (including phenoxy) is 1. The largest absolute Gasteiger partial charge is 0.460 e. The molecule has 1 atom stereocenters. The second kappa shape index (κ2) is 6.03. The lowest BCUT2D eigenvalue weighted by molar-refractivity contribution is -0.149. The first kappa shape index (κ1) is 15.9. The maximum atomic E-state index is 12.5. The molecule has 8 nitrogen and oxygen atoms in total. The van der Waals surface area contributed by atoms with Gasteiger partial charge in [0.1, 0.15) is 6.10 Å². The fourth-order valence-corrected chi connectivity index (χ4v) is 3.81. The summed E-state index contributed by atoms with van der Waals surface area (Å²) in [6.45, 7) is 1.90. The third kappa shape index (κ3) is 2.82. The van der Waals surface area contributed by atoms with Crippen molar-refractivity contribution in [1.82, 2.24) is 20.6 Å². The SMILES string of the molecule is O=C(NCC1CC2(CCNCC2)C(=O)O1)c1cccc2[nH]c(=O)[nH]c12. The van der Waals surface area contributed by atoms with Crippen molar-refractivity contribution in [3.8, 4) is 0 Å². The van der Waals surface area contributed by atoms with E-state index in [4.69, 9.17) is 4.74 Å². The fourth-order valence-electron chi connectivity index (χ4n) is 3.81. The normalized spacial score (nSPS) is 22.2. The van der Waals surface area contributed by atoms with Gasteiger partial charge in [0, 0.05) is 6.42 Å². The van der Waals surface area contributed by atoms with Crippen molar-refractivity contribution >= 4 is 22.9 Å². The van der Waals surface area contributed by atoms with Crippen LogP contribution >= 0.6 is 0 Å². The number of H-pyrrole nitrogens is 2. The van der Waals surface area contributed by atoms with Crippen LogP contribution in [0.5, 0.6) is 0 Å². The third-order valence-electron chi connectivity index (χ3n) is 5.17. The number of amides is 1. The van der Waals surface area contributed by atoms with Gasteiger partial charge in [0.15, 0.2) is 0 Å². The first-order valence-electron chi connectivity index (χ1n) is 8.48. The molecular weight excluding hydrogens is 324 g/mol. The highest BCUT2D eigenvalue weighted by molar-refractivity contribution is 6.04. The Kier molecular flexibility index (Phi) is 3.84. The van der Waals surface area contributed by atoms with Gasteiger partial charge < -0.3 is 25.3 Å². The van der Waals surface area contributed by atoms with E-state index in [1.165, 1.54) is 0 Å². The number of cyclic esters (lactones) is 1. The Bertz CT molecular complexity index is 878. The topological polar surface area (TPSA) is 116 Å². The van der Waals surface area contributed by atoms with Crippen molar-refractivity contribution in [2.24, 2.45) is 5.41 Å². The molecule has 1 aromatic carbocycles. The molecule has 132 valence electrons. The molecule has 0 bridgehead atoms. The number of imidazole rings is 1. The van der Waals surface area contributed by atoms with Gasteiger partial charge in [0.05, 0.1) is 28.6 Å². The number of rotatable bonds is 3. The van der Waals surface area contributed by atoms with E-state index >= 15 is 0 Å². The lowest BCUT2D eigenvalue weighted by Crippen LogP contribution is -2.39. The van der Waals surface area contributed by atoms with E-state index in [0.717, 1.165) is 25.9 Å². The number of esters is 1. The second-order valence-corrected chi connectivity index (χ2v) is 6.78. The van der Waals surface area contributed by atoms with Crippen LogP contribution in [0.1, 0.15) is 29.6 Å². The highest BCUT2D eigenvalue weighted by Gasteiger charge is 2.49. The quantitative estimate of drug-likeness (QED) is 0.597. The van der Waals surface area contributed by atoms with Crippen molar-refractivity contribution in [3.63, 3.8) is 0 Å². The van der Waals surface area contributed by atoms with Crippen LogP contribution in [0, 0.1) is 5.41 Å². The number of hydrogen-bond donors (Lipinski definition) is 4. The van der Waals surface area contributed by atoms with Crippen LogP contribution in [0.2, 0.25) is 0 Å². The Balaban J connectivity index is 1.44. The van der Waals surface area contributed by atoms with Crippen LogP contribution < -0.4 is 16.3 Å². The summed E-state index contributed by atoms with van der Waals surface area (Å²) in [5.74, 6) is -0.450. The summed E-state index contributed by atoms with van der Waals surface area (Å²) >= 11 is 0. The van der Waals surface area contributed by atoms with Crippen molar-refractivity contribution < 1.29 is 14.3 Å². The Morgan fingerprint density at radius 3 is 2.84 bits per heavy atom. The minimum absolute atomic E-state index is 0.148. The van der Waals surface area contributed by atoms with Crippen molar-refractivity contribution in [2.45, 2.75) is 25.4 Å². The van der Waals surface area contributed by atoms with E-state index in [2.05, 4.69) is 20.6 Å². The predicted molar refractivity (Wildman–Crippen MR) is 90.3 cm³/mol. The zero-order chi connectivity index (χ0) is 17.4. The maximum Gasteiger partial charge on any atom is 0.323 e. The molecule has 0 aliphatic carbocycles. The zero-order valence-corrected chi connectivity index (χ0v) is 13.7. The molecule has 4 N–H and O–H groups in total. The number of carbonyl (C=O) groups is 2. The van der Waals surface area contributed by atoms with Crippen molar-refractivity contribution in [2.75, 3.05) is 19.6 Å². The highest BCUT2D eigenvalue weighted by Crippen LogP contribution is 2.41. The van der Waals surface area contributed by atoms with Crippen molar-refractivity contribution in [3.05, 3.63) is 34.2 Å². The summed E-state index contributed by atoms with van der Waals surface area (Å²) in [5, 5.41) is 6.07. The van der Waals surface area contributed by atoms with E-state index in [1.807, 2.05) is 0 Å². The number of piperidine rings is 1. The van der Waals surface area contributed by atoms with Gasteiger partial charge in [-0.15, -0.1) is 0 Å². The average Bonchev–Trinajstić information content (AvgIpc) is 3.13. The molecular formula is C17H20N4O4. The summed E-state index contributed by atoms with van der Waals surface area (Å²) in [6.07, 6.45) is 1.89. The van der Waals surface area contributed by atoms with Crippen molar-refractivity contribution in [1.29, 1.82) is 0 Å². The van der Waals surface area contributed by atoms with Gasteiger partial charge in [-0.3, -0.25) is 9.59 Å². The first-order valence-corrected chi connectivity index (χ1v) is 8.48. The molecule has 1 amide bonds. The van der Waals surface area contributed by atoms with Gasteiger partial charge in [0.2, 0.25) is 0 Å². The number of aromatic nitrogens is 2. The number of carbonyl (C=O) groups excluding carboxylic acids is 2. The molecule has 1 unspecified atom stereocenters. The van der Waals surface area contributed by atoms with Crippen LogP contribution in [0.3, 0.4) is 0 Å². The van der Waals surface area contributed by atoms with Gasteiger partial charge in [-0.05, 0) is 38.1 Å². The van der Waals surface area contributed by atoms with E-state index in [9.17, 15) is 14.4 Å². The van der Waals surface area contributed by atoms with Gasteiger partial charge in [-0.25, -0.2) is 4.79 Å². The predicted octanol–water partition coefficient (Wildman–Crippen LogP) is 0.271. The van der Waals surface area contributed by atoms with Gasteiger partial charge in [-0.1, -0.05) is 6.07 Å². The maximum absolute atomic E-state index is 12.5. The first-order chi connectivity index (χ1) is 12.1. The van der Waals surface area contributed by atoms with Crippen LogP contribution in [0.25, 0.3) is 11.0 Å². The molecule has 4 rings (SSSR count). The van der Waals surface area contributed by atoms with Crippen LogP contribution in [-0.4, -0.2) is 47.6 Å². The number of nitrogens with one attached hydrogen (secondary N) is 4. The molecule has 1 spiro atoms. The molecule has 25 heavy (non-hydrogen) atoms.